The first-order valence-electron chi connectivity index (χ1n) is 4.99. The van der Waals surface area contributed by atoms with Gasteiger partial charge in [-0.05, 0) is 26.1 Å². The topological polar surface area (TPSA) is 34.4 Å². The second-order valence-electron chi connectivity index (χ2n) is 3.53. The fourth-order valence-corrected chi connectivity index (χ4v) is 1.72. The standard InChI is InChI=1S/C12H15NO2/c1-8(13-2)9-7-15-11-6-4-5-10(14-3)12(9)11/h4-8,13H,1-3H3. The summed E-state index contributed by atoms with van der Waals surface area (Å²) >= 11 is 0. The van der Waals surface area contributed by atoms with Crippen LogP contribution in [0.15, 0.2) is 28.9 Å². The van der Waals surface area contributed by atoms with Crippen molar-refractivity contribution in [2.24, 2.45) is 0 Å². The van der Waals surface area contributed by atoms with Crippen molar-refractivity contribution in [1.29, 1.82) is 0 Å². The predicted octanol–water partition coefficient (Wildman–Crippen LogP) is 2.72. The average Bonchev–Trinajstić information content (AvgIpc) is 2.71. The SMILES string of the molecule is CNC(C)c1coc2cccc(OC)c12. The van der Waals surface area contributed by atoms with Crippen molar-refractivity contribution in [1.82, 2.24) is 5.32 Å². The molecule has 1 heterocycles. The average molecular weight is 205 g/mol. The summed E-state index contributed by atoms with van der Waals surface area (Å²) in [6.45, 7) is 2.09. The summed E-state index contributed by atoms with van der Waals surface area (Å²) in [5, 5.41) is 4.25. The largest absolute Gasteiger partial charge is 0.496 e. The van der Waals surface area contributed by atoms with Gasteiger partial charge in [0.2, 0.25) is 0 Å². The Labute approximate surface area is 89.0 Å². The fourth-order valence-electron chi connectivity index (χ4n) is 1.72. The molecule has 80 valence electrons. The van der Waals surface area contributed by atoms with E-state index in [-0.39, 0.29) is 6.04 Å². The summed E-state index contributed by atoms with van der Waals surface area (Å²) in [4.78, 5) is 0. The number of hydrogen-bond acceptors (Lipinski definition) is 3. The van der Waals surface area contributed by atoms with E-state index in [4.69, 9.17) is 9.15 Å². The van der Waals surface area contributed by atoms with E-state index in [9.17, 15) is 0 Å². The number of methoxy groups -OCH3 is 1. The van der Waals surface area contributed by atoms with E-state index in [0.717, 1.165) is 22.3 Å². The molecule has 1 unspecified atom stereocenters. The minimum absolute atomic E-state index is 0.252. The molecule has 15 heavy (non-hydrogen) atoms. The van der Waals surface area contributed by atoms with Crippen LogP contribution in [0.5, 0.6) is 5.75 Å². The quantitative estimate of drug-likeness (QED) is 0.836. The zero-order valence-corrected chi connectivity index (χ0v) is 9.20. The molecule has 0 saturated carbocycles. The van der Waals surface area contributed by atoms with Crippen LogP contribution >= 0.6 is 0 Å². The summed E-state index contributed by atoms with van der Waals surface area (Å²) in [7, 11) is 3.61. The van der Waals surface area contributed by atoms with Crippen LogP contribution in [0, 0.1) is 0 Å². The predicted molar refractivity (Wildman–Crippen MR) is 60.2 cm³/mol. The van der Waals surface area contributed by atoms with Gasteiger partial charge >= 0.3 is 0 Å². The van der Waals surface area contributed by atoms with Gasteiger partial charge in [0.1, 0.15) is 11.3 Å². The Morgan fingerprint density at radius 1 is 1.40 bits per heavy atom. The van der Waals surface area contributed by atoms with E-state index in [1.54, 1.807) is 13.4 Å². The van der Waals surface area contributed by atoms with Crippen molar-refractivity contribution in [2.75, 3.05) is 14.2 Å². The molecule has 0 aliphatic carbocycles. The Balaban J connectivity index is 2.65. The summed E-state index contributed by atoms with van der Waals surface area (Å²) in [5.41, 5.74) is 2.00. The molecule has 3 heteroatoms. The van der Waals surface area contributed by atoms with Crippen LogP contribution in [0.2, 0.25) is 0 Å². The van der Waals surface area contributed by atoms with Crippen LogP contribution in [0.3, 0.4) is 0 Å². The van der Waals surface area contributed by atoms with Gasteiger partial charge in [0.05, 0.1) is 18.8 Å². The Kier molecular flexibility index (Phi) is 2.64. The Bertz CT molecular complexity index is 462. The zero-order valence-electron chi connectivity index (χ0n) is 9.20. The monoisotopic (exact) mass is 205 g/mol. The first-order chi connectivity index (χ1) is 7.27. The molecule has 1 atom stereocenters. The number of nitrogens with one attached hydrogen (secondary N) is 1. The Morgan fingerprint density at radius 3 is 2.87 bits per heavy atom. The van der Waals surface area contributed by atoms with Crippen molar-refractivity contribution in [3.8, 4) is 5.75 Å². The van der Waals surface area contributed by atoms with E-state index < -0.39 is 0 Å². The van der Waals surface area contributed by atoms with Gasteiger partial charge < -0.3 is 14.5 Å². The molecular weight excluding hydrogens is 190 g/mol. The number of furan rings is 1. The molecule has 0 aliphatic rings. The van der Waals surface area contributed by atoms with Crippen LogP contribution < -0.4 is 10.1 Å². The minimum atomic E-state index is 0.252. The van der Waals surface area contributed by atoms with Crippen molar-refractivity contribution >= 4 is 11.0 Å². The summed E-state index contributed by atoms with van der Waals surface area (Å²) < 4.78 is 10.8. The van der Waals surface area contributed by atoms with Gasteiger partial charge in [-0.1, -0.05) is 6.07 Å². The van der Waals surface area contributed by atoms with Gasteiger partial charge in [0.25, 0.3) is 0 Å². The molecule has 0 fully saturated rings. The molecule has 0 saturated heterocycles. The molecule has 0 aliphatic heterocycles. The van der Waals surface area contributed by atoms with Gasteiger partial charge in [-0.25, -0.2) is 0 Å². The van der Waals surface area contributed by atoms with E-state index in [2.05, 4.69) is 12.2 Å². The van der Waals surface area contributed by atoms with Gasteiger partial charge in [-0.15, -0.1) is 0 Å². The summed E-state index contributed by atoms with van der Waals surface area (Å²) in [6.07, 6.45) is 1.79. The van der Waals surface area contributed by atoms with Crippen molar-refractivity contribution in [3.63, 3.8) is 0 Å². The lowest BCUT2D eigenvalue weighted by Gasteiger charge is -2.09. The van der Waals surface area contributed by atoms with E-state index in [0.29, 0.717) is 0 Å². The van der Waals surface area contributed by atoms with Crippen LogP contribution in [-0.4, -0.2) is 14.2 Å². The summed E-state index contributed by atoms with van der Waals surface area (Å²) in [5.74, 6) is 0.860. The number of benzene rings is 1. The lowest BCUT2D eigenvalue weighted by Crippen LogP contribution is -2.11. The lowest BCUT2D eigenvalue weighted by molar-refractivity contribution is 0.419. The normalized spacial score (nSPS) is 13.0. The van der Waals surface area contributed by atoms with Crippen LogP contribution in [-0.2, 0) is 0 Å². The van der Waals surface area contributed by atoms with Crippen molar-refractivity contribution < 1.29 is 9.15 Å². The maximum Gasteiger partial charge on any atom is 0.137 e. The van der Waals surface area contributed by atoms with Crippen LogP contribution in [0.25, 0.3) is 11.0 Å². The van der Waals surface area contributed by atoms with Crippen molar-refractivity contribution in [2.45, 2.75) is 13.0 Å². The maximum atomic E-state index is 5.49. The highest BCUT2D eigenvalue weighted by molar-refractivity contribution is 5.87. The van der Waals surface area contributed by atoms with E-state index in [1.165, 1.54) is 0 Å². The minimum Gasteiger partial charge on any atom is -0.496 e. The maximum absolute atomic E-state index is 5.49. The third-order valence-electron chi connectivity index (χ3n) is 2.71. The second kappa shape index (κ2) is 3.95. The van der Waals surface area contributed by atoms with Crippen LogP contribution in [0.1, 0.15) is 18.5 Å². The number of fused-ring (bicyclic) bond motifs is 1. The zero-order chi connectivity index (χ0) is 10.8. The number of ether oxygens (including phenoxy) is 1. The van der Waals surface area contributed by atoms with Gasteiger partial charge in [0, 0.05) is 11.6 Å². The van der Waals surface area contributed by atoms with Crippen LogP contribution in [0.4, 0.5) is 0 Å². The molecule has 1 aromatic carbocycles. The van der Waals surface area contributed by atoms with Gasteiger partial charge in [-0.3, -0.25) is 0 Å². The fraction of sp³-hybridized carbons (Fsp3) is 0.333. The molecule has 1 aromatic heterocycles. The molecule has 1 N–H and O–H groups in total. The number of rotatable bonds is 3. The highest BCUT2D eigenvalue weighted by atomic mass is 16.5. The summed E-state index contributed by atoms with van der Waals surface area (Å²) in [6, 6.07) is 6.08. The highest BCUT2D eigenvalue weighted by Gasteiger charge is 2.14. The highest BCUT2D eigenvalue weighted by Crippen LogP contribution is 2.33. The molecule has 0 bridgehead atoms. The van der Waals surface area contributed by atoms with Gasteiger partial charge in [-0.2, -0.15) is 0 Å². The smallest absolute Gasteiger partial charge is 0.137 e. The molecule has 3 nitrogen and oxygen atoms in total. The first kappa shape index (κ1) is 10.1. The third kappa shape index (κ3) is 1.59. The van der Waals surface area contributed by atoms with E-state index >= 15 is 0 Å². The Morgan fingerprint density at radius 2 is 2.20 bits per heavy atom. The molecule has 2 rings (SSSR count). The van der Waals surface area contributed by atoms with E-state index in [1.807, 2.05) is 25.2 Å². The third-order valence-corrected chi connectivity index (χ3v) is 2.71. The molecule has 0 amide bonds. The molecule has 0 radical (unpaired) electrons. The van der Waals surface area contributed by atoms with Crippen molar-refractivity contribution in [3.05, 3.63) is 30.0 Å². The molecule has 0 spiro atoms. The Hall–Kier alpha value is -1.48. The van der Waals surface area contributed by atoms with Gasteiger partial charge in [0.15, 0.2) is 0 Å². The first-order valence-corrected chi connectivity index (χ1v) is 4.99. The molecule has 2 aromatic rings. The lowest BCUT2D eigenvalue weighted by atomic mass is 10.1. The number of hydrogen-bond donors (Lipinski definition) is 1. The molecular formula is C12H15NO2. The second-order valence-corrected chi connectivity index (χ2v) is 3.53.